The van der Waals surface area contributed by atoms with Crippen LogP contribution in [0, 0.1) is 6.92 Å². The summed E-state index contributed by atoms with van der Waals surface area (Å²) >= 11 is 0. The van der Waals surface area contributed by atoms with Gasteiger partial charge in [0.2, 0.25) is 10.0 Å². The van der Waals surface area contributed by atoms with Gasteiger partial charge in [-0.05, 0) is 26.3 Å². The van der Waals surface area contributed by atoms with Gasteiger partial charge < -0.3 is 5.32 Å². The zero-order chi connectivity index (χ0) is 14.0. The molecule has 1 aromatic heterocycles. The van der Waals surface area contributed by atoms with Crippen LogP contribution in [0.1, 0.15) is 38.1 Å². The number of aromatic nitrogens is 2. The van der Waals surface area contributed by atoms with Crippen LogP contribution in [-0.4, -0.2) is 42.1 Å². The molecule has 0 radical (unpaired) electrons. The van der Waals surface area contributed by atoms with E-state index in [1.807, 2.05) is 13.8 Å². The van der Waals surface area contributed by atoms with Crippen molar-refractivity contribution in [1.29, 1.82) is 0 Å². The third-order valence-corrected chi connectivity index (χ3v) is 5.57. The Kier molecular flexibility index (Phi) is 4.27. The van der Waals surface area contributed by atoms with Crippen LogP contribution in [0.15, 0.2) is 4.90 Å². The monoisotopic (exact) mass is 286 g/mol. The largest absolute Gasteiger partial charge is 0.311 e. The van der Waals surface area contributed by atoms with Gasteiger partial charge >= 0.3 is 0 Å². The maximum Gasteiger partial charge on any atom is 0.247 e. The lowest BCUT2D eigenvalue weighted by atomic mass is 10.3. The number of hydrogen-bond acceptors (Lipinski definition) is 4. The first-order valence-corrected chi connectivity index (χ1v) is 8.22. The molecule has 1 saturated carbocycles. The Morgan fingerprint density at radius 1 is 1.42 bits per heavy atom. The fourth-order valence-electron chi connectivity index (χ4n) is 2.28. The molecule has 2 rings (SSSR count). The summed E-state index contributed by atoms with van der Waals surface area (Å²) in [5.41, 5.74) is 1.20. The topological polar surface area (TPSA) is 78.1 Å². The summed E-state index contributed by atoms with van der Waals surface area (Å²) in [7, 11) is -3.44. The minimum absolute atomic E-state index is 0.177. The molecule has 1 aliphatic carbocycles. The third kappa shape index (κ3) is 2.82. The summed E-state index contributed by atoms with van der Waals surface area (Å²) < 4.78 is 27.1. The van der Waals surface area contributed by atoms with E-state index in [2.05, 4.69) is 15.5 Å². The van der Waals surface area contributed by atoms with E-state index in [4.69, 9.17) is 0 Å². The smallest absolute Gasteiger partial charge is 0.247 e. The molecule has 1 aromatic rings. The number of sulfonamides is 1. The lowest BCUT2D eigenvalue weighted by Crippen LogP contribution is -2.34. The van der Waals surface area contributed by atoms with Gasteiger partial charge in [-0.15, -0.1) is 0 Å². The normalized spacial score (nSPS) is 16.2. The number of aryl methyl sites for hydroxylation is 1. The van der Waals surface area contributed by atoms with Crippen molar-refractivity contribution < 1.29 is 8.42 Å². The summed E-state index contributed by atoms with van der Waals surface area (Å²) in [4.78, 5) is 0.349. The fraction of sp³-hybridized carbons (Fsp3) is 0.750. The maximum atomic E-state index is 12.7. The molecular formula is C12H22N4O2S. The summed E-state index contributed by atoms with van der Waals surface area (Å²) in [6.45, 7) is 7.39. The molecule has 0 bridgehead atoms. The highest BCUT2D eigenvalue weighted by atomic mass is 32.2. The Morgan fingerprint density at radius 2 is 2.11 bits per heavy atom. The quantitative estimate of drug-likeness (QED) is 0.784. The molecule has 7 heteroatoms. The third-order valence-electron chi connectivity index (χ3n) is 3.34. The van der Waals surface area contributed by atoms with E-state index >= 15 is 0 Å². The first-order chi connectivity index (χ1) is 9.02. The molecule has 0 unspecified atom stereocenters. The van der Waals surface area contributed by atoms with Gasteiger partial charge in [0.25, 0.3) is 0 Å². The van der Waals surface area contributed by atoms with Crippen molar-refractivity contribution in [2.45, 2.75) is 51.1 Å². The number of nitrogens with zero attached hydrogens (tertiary/aromatic N) is 2. The number of rotatable bonds is 7. The Labute approximate surface area is 114 Å². The number of hydrogen-bond donors (Lipinski definition) is 2. The van der Waals surface area contributed by atoms with Crippen LogP contribution < -0.4 is 5.32 Å². The minimum Gasteiger partial charge on any atom is -0.311 e. The summed E-state index contributed by atoms with van der Waals surface area (Å²) in [6, 6.07) is 0.177. The highest BCUT2D eigenvalue weighted by molar-refractivity contribution is 7.89. The summed E-state index contributed by atoms with van der Waals surface area (Å²) in [6.07, 6.45) is 1.93. The number of nitrogens with one attached hydrogen (secondary N) is 2. The first-order valence-electron chi connectivity index (χ1n) is 6.78. The molecule has 0 spiro atoms. The fourth-order valence-corrected chi connectivity index (χ4v) is 4.30. The van der Waals surface area contributed by atoms with Crippen molar-refractivity contribution in [3.63, 3.8) is 0 Å². The van der Waals surface area contributed by atoms with Gasteiger partial charge in [-0.1, -0.05) is 13.8 Å². The van der Waals surface area contributed by atoms with Gasteiger partial charge in [-0.25, -0.2) is 8.42 Å². The predicted octanol–water partition coefficient (Wildman–Crippen LogP) is 1.00. The van der Waals surface area contributed by atoms with E-state index in [0.29, 0.717) is 29.4 Å². The Morgan fingerprint density at radius 3 is 2.63 bits per heavy atom. The van der Waals surface area contributed by atoms with Gasteiger partial charge in [-0.2, -0.15) is 9.40 Å². The molecule has 1 aliphatic rings. The predicted molar refractivity (Wildman–Crippen MR) is 73.3 cm³/mol. The van der Waals surface area contributed by atoms with Crippen LogP contribution in [0.5, 0.6) is 0 Å². The van der Waals surface area contributed by atoms with Crippen LogP contribution in [-0.2, 0) is 16.6 Å². The zero-order valence-corrected chi connectivity index (χ0v) is 12.5. The van der Waals surface area contributed by atoms with Crippen molar-refractivity contribution >= 4 is 10.0 Å². The highest BCUT2D eigenvalue weighted by Crippen LogP contribution is 2.33. The lowest BCUT2D eigenvalue weighted by molar-refractivity contribution is 0.420. The average molecular weight is 286 g/mol. The van der Waals surface area contributed by atoms with Crippen molar-refractivity contribution in [3.8, 4) is 0 Å². The molecule has 0 amide bonds. The average Bonchev–Trinajstić information content (AvgIpc) is 3.10. The van der Waals surface area contributed by atoms with Crippen molar-refractivity contribution in [2.75, 3.05) is 13.1 Å². The SMILES string of the molecule is CCNCc1n[nH]c(C)c1S(=O)(=O)N(CC)C1CC1. The van der Waals surface area contributed by atoms with Crippen LogP contribution in [0.4, 0.5) is 0 Å². The molecule has 108 valence electrons. The second-order valence-corrected chi connectivity index (χ2v) is 6.67. The van der Waals surface area contributed by atoms with Gasteiger partial charge in [-0.3, -0.25) is 5.10 Å². The van der Waals surface area contributed by atoms with Crippen LogP contribution >= 0.6 is 0 Å². The number of H-pyrrole nitrogens is 1. The van der Waals surface area contributed by atoms with E-state index in [1.54, 1.807) is 11.2 Å². The summed E-state index contributed by atoms with van der Waals surface area (Å²) in [5, 5.41) is 10.0. The van der Waals surface area contributed by atoms with E-state index in [0.717, 1.165) is 19.4 Å². The first kappa shape index (κ1) is 14.5. The second kappa shape index (κ2) is 5.60. The van der Waals surface area contributed by atoms with Crippen molar-refractivity contribution in [1.82, 2.24) is 19.8 Å². The Hall–Kier alpha value is -0.920. The molecule has 0 saturated heterocycles. The van der Waals surface area contributed by atoms with E-state index in [1.165, 1.54) is 0 Å². The molecule has 0 aromatic carbocycles. The molecule has 19 heavy (non-hydrogen) atoms. The second-order valence-electron chi connectivity index (χ2n) is 4.84. The molecular weight excluding hydrogens is 264 g/mol. The van der Waals surface area contributed by atoms with E-state index in [9.17, 15) is 8.42 Å². The van der Waals surface area contributed by atoms with Gasteiger partial charge in [0.1, 0.15) is 4.90 Å². The van der Waals surface area contributed by atoms with Crippen molar-refractivity contribution in [2.24, 2.45) is 0 Å². The van der Waals surface area contributed by atoms with Gasteiger partial charge in [0.05, 0.1) is 11.4 Å². The zero-order valence-electron chi connectivity index (χ0n) is 11.7. The molecule has 2 N–H and O–H groups in total. The Bertz CT molecular complexity index is 534. The van der Waals surface area contributed by atoms with E-state index < -0.39 is 10.0 Å². The number of aromatic amines is 1. The van der Waals surface area contributed by atoms with Crippen LogP contribution in [0.3, 0.4) is 0 Å². The van der Waals surface area contributed by atoms with Gasteiger partial charge in [0.15, 0.2) is 0 Å². The standard InChI is InChI=1S/C12H22N4O2S/c1-4-13-8-11-12(9(3)14-15-11)19(17,18)16(5-2)10-6-7-10/h10,13H,4-8H2,1-3H3,(H,14,15). The van der Waals surface area contributed by atoms with E-state index in [-0.39, 0.29) is 6.04 Å². The molecule has 6 nitrogen and oxygen atoms in total. The maximum absolute atomic E-state index is 12.7. The minimum atomic E-state index is -3.44. The van der Waals surface area contributed by atoms with Gasteiger partial charge in [0, 0.05) is 19.1 Å². The van der Waals surface area contributed by atoms with Crippen molar-refractivity contribution in [3.05, 3.63) is 11.4 Å². The molecule has 0 atom stereocenters. The molecule has 1 fully saturated rings. The lowest BCUT2D eigenvalue weighted by Gasteiger charge is -2.20. The molecule has 1 heterocycles. The van der Waals surface area contributed by atoms with Crippen LogP contribution in [0.2, 0.25) is 0 Å². The molecule has 0 aliphatic heterocycles. The summed E-state index contributed by atoms with van der Waals surface area (Å²) in [5.74, 6) is 0. The highest BCUT2D eigenvalue weighted by Gasteiger charge is 2.39. The Balaban J connectivity index is 2.35. The van der Waals surface area contributed by atoms with Crippen LogP contribution in [0.25, 0.3) is 0 Å².